The first-order chi connectivity index (χ1) is 11.8. The first-order valence-corrected chi connectivity index (χ1v) is 9.19. The van der Waals surface area contributed by atoms with Crippen LogP contribution in [0, 0.1) is 0 Å². The summed E-state index contributed by atoms with van der Waals surface area (Å²) in [5.74, 6) is 1.09. The van der Waals surface area contributed by atoms with Gasteiger partial charge in [-0.05, 0) is 23.5 Å². The van der Waals surface area contributed by atoms with Crippen molar-refractivity contribution in [3.8, 4) is 0 Å². The van der Waals surface area contributed by atoms with Gasteiger partial charge in [-0.3, -0.25) is 4.79 Å². The molecule has 1 N–H and O–H groups in total. The second-order valence-corrected chi connectivity index (χ2v) is 7.61. The normalized spacial score (nSPS) is 15.5. The Kier molecular flexibility index (Phi) is 8.86. The number of nitrogens with one attached hydrogen (secondary N) is 1. The van der Waals surface area contributed by atoms with E-state index in [0.717, 1.165) is 38.7 Å². The summed E-state index contributed by atoms with van der Waals surface area (Å²) in [5.41, 5.74) is 2.73. The quantitative estimate of drug-likeness (QED) is 0.418. The number of piperazine rings is 1. The van der Waals surface area contributed by atoms with Crippen molar-refractivity contribution < 1.29 is 4.79 Å². The highest BCUT2D eigenvalue weighted by molar-refractivity contribution is 14.0. The van der Waals surface area contributed by atoms with Crippen LogP contribution in [-0.4, -0.2) is 54.4 Å². The molecule has 0 unspecified atom stereocenters. The summed E-state index contributed by atoms with van der Waals surface area (Å²) in [6.07, 6.45) is 0. The van der Waals surface area contributed by atoms with E-state index in [1.165, 1.54) is 11.1 Å². The van der Waals surface area contributed by atoms with Gasteiger partial charge in [-0.25, -0.2) is 4.99 Å². The highest BCUT2D eigenvalue weighted by atomic mass is 127. The van der Waals surface area contributed by atoms with Gasteiger partial charge in [-0.2, -0.15) is 0 Å². The van der Waals surface area contributed by atoms with Crippen LogP contribution >= 0.6 is 24.0 Å². The summed E-state index contributed by atoms with van der Waals surface area (Å²) in [6.45, 7) is 15.1. The minimum atomic E-state index is 0. The maximum Gasteiger partial charge on any atom is 0.219 e. The van der Waals surface area contributed by atoms with E-state index in [-0.39, 0.29) is 35.3 Å². The number of aliphatic imine (C=N–C) groups is 1. The molecule has 0 aliphatic carbocycles. The second-order valence-electron chi connectivity index (χ2n) is 7.61. The predicted octanol–water partition coefficient (Wildman–Crippen LogP) is 3.23. The lowest BCUT2D eigenvalue weighted by Crippen LogP contribution is -2.53. The Hall–Kier alpha value is -1.31. The van der Waals surface area contributed by atoms with Gasteiger partial charge in [0.2, 0.25) is 5.91 Å². The number of hydrogen-bond acceptors (Lipinski definition) is 2. The molecule has 0 bridgehead atoms. The molecule has 26 heavy (non-hydrogen) atoms. The van der Waals surface area contributed by atoms with Crippen LogP contribution in [-0.2, 0) is 16.8 Å². The smallest absolute Gasteiger partial charge is 0.219 e. The Morgan fingerprint density at radius 3 is 2.08 bits per heavy atom. The maximum absolute atomic E-state index is 11.5. The highest BCUT2D eigenvalue weighted by Crippen LogP contribution is 2.22. The molecular weight excluding hydrogens is 439 g/mol. The predicted molar refractivity (Wildman–Crippen MR) is 119 cm³/mol. The van der Waals surface area contributed by atoms with Crippen LogP contribution in [0.15, 0.2) is 29.3 Å². The summed E-state index contributed by atoms with van der Waals surface area (Å²) in [6, 6.07) is 8.73. The summed E-state index contributed by atoms with van der Waals surface area (Å²) in [5, 5.41) is 3.37. The van der Waals surface area contributed by atoms with Crippen LogP contribution in [0.2, 0.25) is 0 Å². The van der Waals surface area contributed by atoms with Gasteiger partial charge in [0, 0.05) is 39.6 Å². The Morgan fingerprint density at radius 1 is 1.08 bits per heavy atom. The molecule has 2 rings (SSSR count). The van der Waals surface area contributed by atoms with Gasteiger partial charge in [0.1, 0.15) is 0 Å². The molecule has 1 heterocycles. The van der Waals surface area contributed by atoms with Gasteiger partial charge < -0.3 is 15.1 Å². The van der Waals surface area contributed by atoms with Gasteiger partial charge in [0.15, 0.2) is 5.96 Å². The lowest BCUT2D eigenvalue weighted by Gasteiger charge is -2.36. The zero-order valence-corrected chi connectivity index (χ0v) is 19.0. The molecule has 1 aromatic carbocycles. The van der Waals surface area contributed by atoms with Crippen molar-refractivity contribution in [2.75, 3.05) is 32.7 Å². The van der Waals surface area contributed by atoms with Gasteiger partial charge in [-0.15, -0.1) is 24.0 Å². The van der Waals surface area contributed by atoms with E-state index in [9.17, 15) is 4.79 Å². The van der Waals surface area contributed by atoms with Crippen molar-refractivity contribution in [1.82, 2.24) is 15.1 Å². The first-order valence-electron chi connectivity index (χ1n) is 9.19. The third kappa shape index (κ3) is 6.45. The van der Waals surface area contributed by atoms with Crippen molar-refractivity contribution in [3.63, 3.8) is 0 Å². The van der Waals surface area contributed by atoms with Crippen LogP contribution in [0.1, 0.15) is 45.7 Å². The molecule has 0 saturated carbocycles. The molecule has 146 valence electrons. The molecule has 1 aliphatic heterocycles. The molecule has 0 spiro atoms. The largest absolute Gasteiger partial charge is 0.357 e. The van der Waals surface area contributed by atoms with Crippen LogP contribution in [0.4, 0.5) is 0 Å². The molecule has 1 aromatic rings. The summed E-state index contributed by atoms with van der Waals surface area (Å²) in [4.78, 5) is 20.4. The van der Waals surface area contributed by atoms with E-state index in [1.54, 1.807) is 6.92 Å². The number of amides is 1. The zero-order chi connectivity index (χ0) is 18.4. The molecule has 0 radical (unpaired) electrons. The number of nitrogens with zero attached hydrogens (tertiary/aromatic N) is 3. The Labute approximate surface area is 175 Å². The fourth-order valence-corrected chi connectivity index (χ4v) is 2.94. The van der Waals surface area contributed by atoms with E-state index in [0.29, 0.717) is 6.54 Å². The highest BCUT2D eigenvalue weighted by Gasteiger charge is 2.20. The third-order valence-electron chi connectivity index (χ3n) is 4.59. The topological polar surface area (TPSA) is 47.9 Å². The van der Waals surface area contributed by atoms with Crippen molar-refractivity contribution in [1.29, 1.82) is 0 Å². The van der Waals surface area contributed by atoms with E-state index in [2.05, 4.69) is 62.2 Å². The molecule has 0 atom stereocenters. The second kappa shape index (κ2) is 10.1. The molecule has 1 aliphatic rings. The van der Waals surface area contributed by atoms with E-state index in [4.69, 9.17) is 4.99 Å². The maximum atomic E-state index is 11.5. The van der Waals surface area contributed by atoms with Gasteiger partial charge >= 0.3 is 0 Å². The number of carbonyl (C=O) groups is 1. The Morgan fingerprint density at radius 2 is 1.62 bits per heavy atom. The van der Waals surface area contributed by atoms with E-state index in [1.807, 2.05) is 4.90 Å². The van der Waals surface area contributed by atoms with Crippen molar-refractivity contribution in [3.05, 3.63) is 35.4 Å². The average Bonchev–Trinajstić information content (AvgIpc) is 2.58. The van der Waals surface area contributed by atoms with Crippen molar-refractivity contribution >= 4 is 35.8 Å². The minimum absolute atomic E-state index is 0. The molecule has 5 nitrogen and oxygen atoms in total. The van der Waals surface area contributed by atoms with Gasteiger partial charge in [0.05, 0.1) is 6.54 Å². The van der Waals surface area contributed by atoms with Crippen molar-refractivity contribution in [2.24, 2.45) is 4.99 Å². The van der Waals surface area contributed by atoms with E-state index < -0.39 is 0 Å². The van der Waals surface area contributed by atoms with E-state index >= 15 is 0 Å². The number of halogens is 1. The van der Waals surface area contributed by atoms with Crippen LogP contribution in [0.25, 0.3) is 0 Å². The molecule has 1 fully saturated rings. The van der Waals surface area contributed by atoms with Gasteiger partial charge in [-0.1, -0.05) is 45.0 Å². The number of hydrogen-bond donors (Lipinski definition) is 1. The zero-order valence-electron chi connectivity index (χ0n) is 16.7. The number of benzene rings is 1. The average molecular weight is 472 g/mol. The lowest BCUT2D eigenvalue weighted by atomic mass is 9.87. The Bertz CT molecular complexity index is 599. The Balaban J connectivity index is 0.00000338. The minimum Gasteiger partial charge on any atom is -0.357 e. The van der Waals surface area contributed by atoms with Crippen LogP contribution in [0.3, 0.4) is 0 Å². The standard InChI is InChI=1S/C20H32N4O.HI/c1-6-21-19(24-13-11-23(12-14-24)16(2)25)22-15-17-7-9-18(10-8-17)20(3,4)5;/h7-10H,6,11-15H2,1-5H3,(H,21,22);1H. The van der Waals surface area contributed by atoms with Gasteiger partial charge in [0.25, 0.3) is 0 Å². The number of guanidine groups is 1. The van der Waals surface area contributed by atoms with Crippen LogP contribution < -0.4 is 5.32 Å². The fraction of sp³-hybridized carbons (Fsp3) is 0.600. The number of carbonyl (C=O) groups excluding carboxylic acids is 1. The summed E-state index contributed by atoms with van der Waals surface area (Å²) >= 11 is 0. The molecule has 1 amide bonds. The third-order valence-corrected chi connectivity index (χ3v) is 4.59. The fourth-order valence-electron chi connectivity index (χ4n) is 2.94. The van der Waals surface area contributed by atoms with Crippen LogP contribution in [0.5, 0.6) is 0 Å². The molecule has 1 saturated heterocycles. The summed E-state index contributed by atoms with van der Waals surface area (Å²) in [7, 11) is 0. The summed E-state index contributed by atoms with van der Waals surface area (Å²) < 4.78 is 0. The monoisotopic (exact) mass is 472 g/mol. The molecular formula is C20H33IN4O. The molecule has 6 heteroatoms. The number of rotatable bonds is 3. The lowest BCUT2D eigenvalue weighted by molar-refractivity contribution is -0.130. The van der Waals surface area contributed by atoms with Crippen molar-refractivity contribution in [2.45, 2.75) is 46.6 Å². The SMILES string of the molecule is CCNC(=NCc1ccc(C(C)(C)C)cc1)N1CCN(C(C)=O)CC1.I. The molecule has 0 aromatic heterocycles. The first kappa shape index (κ1) is 22.7.